The van der Waals surface area contributed by atoms with Gasteiger partial charge < -0.3 is 20.4 Å². The standard InChI is InChI=1S/C18H20N2O6.2CH4/c21-13-7-3-1-5-11(13)15(17(23)24)19-9-10-20-16(18(25)26)12-6-2-4-8-14(12)22;;/h1-8,15-16,19-22H,9-10H2,(H,23,24)(H,25,26);2*1H4. The van der Waals surface area contributed by atoms with Gasteiger partial charge in [-0.25, -0.2) is 0 Å². The highest BCUT2D eigenvalue weighted by Gasteiger charge is 2.24. The van der Waals surface area contributed by atoms with Crippen molar-refractivity contribution in [1.82, 2.24) is 10.6 Å². The summed E-state index contributed by atoms with van der Waals surface area (Å²) in [6, 6.07) is 9.91. The predicted octanol–water partition coefficient (Wildman–Crippen LogP) is 2.50. The first-order valence-corrected chi connectivity index (χ1v) is 7.90. The van der Waals surface area contributed by atoms with Crippen molar-refractivity contribution in [3.05, 3.63) is 59.7 Å². The highest BCUT2D eigenvalue weighted by atomic mass is 16.4. The smallest absolute Gasteiger partial charge is 0.325 e. The van der Waals surface area contributed by atoms with Crippen molar-refractivity contribution in [2.75, 3.05) is 13.1 Å². The maximum Gasteiger partial charge on any atom is 0.325 e. The molecule has 2 aromatic rings. The molecule has 0 aliphatic rings. The second-order valence-electron chi connectivity index (χ2n) is 5.57. The van der Waals surface area contributed by atoms with Crippen molar-refractivity contribution in [2.45, 2.75) is 26.9 Å². The number of carbonyl (C=O) groups is 2. The van der Waals surface area contributed by atoms with Gasteiger partial charge in [0.1, 0.15) is 23.6 Å². The van der Waals surface area contributed by atoms with Gasteiger partial charge in [0.25, 0.3) is 0 Å². The Morgan fingerprint density at radius 1 is 0.714 bits per heavy atom. The van der Waals surface area contributed by atoms with E-state index in [4.69, 9.17) is 0 Å². The zero-order chi connectivity index (χ0) is 19.1. The first kappa shape index (κ1) is 24.9. The lowest BCUT2D eigenvalue weighted by Crippen LogP contribution is -2.37. The van der Waals surface area contributed by atoms with E-state index >= 15 is 0 Å². The molecule has 0 radical (unpaired) electrons. The Kier molecular flexibility index (Phi) is 10.3. The van der Waals surface area contributed by atoms with E-state index in [0.717, 1.165) is 0 Å². The maximum absolute atomic E-state index is 11.4. The van der Waals surface area contributed by atoms with Gasteiger partial charge in [0.05, 0.1) is 0 Å². The molecular formula is C20H28N2O6. The summed E-state index contributed by atoms with van der Waals surface area (Å²) < 4.78 is 0. The zero-order valence-corrected chi connectivity index (χ0v) is 13.8. The van der Waals surface area contributed by atoms with E-state index in [1.807, 2.05) is 0 Å². The number of nitrogens with one attached hydrogen (secondary N) is 2. The molecule has 0 heterocycles. The van der Waals surface area contributed by atoms with Gasteiger partial charge in [0.15, 0.2) is 0 Å². The molecule has 8 nitrogen and oxygen atoms in total. The van der Waals surface area contributed by atoms with Crippen LogP contribution in [0.5, 0.6) is 11.5 Å². The molecule has 6 N–H and O–H groups in total. The Hall–Kier alpha value is -3.10. The lowest BCUT2D eigenvalue weighted by molar-refractivity contribution is -0.141. The van der Waals surface area contributed by atoms with Gasteiger partial charge in [0, 0.05) is 24.2 Å². The Bertz CT molecular complexity index is 715. The lowest BCUT2D eigenvalue weighted by Gasteiger charge is -2.19. The van der Waals surface area contributed by atoms with Gasteiger partial charge in [-0.15, -0.1) is 0 Å². The van der Waals surface area contributed by atoms with Crippen LogP contribution in [0.1, 0.15) is 38.1 Å². The van der Waals surface area contributed by atoms with Crippen molar-refractivity contribution in [3.8, 4) is 11.5 Å². The number of phenols is 2. The van der Waals surface area contributed by atoms with Crippen LogP contribution in [-0.2, 0) is 9.59 Å². The van der Waals surface area contributed by atoms with Crippen LogP contribution in [0.25, 0.3) is 0 Å². The fourth-order valence-corrected chi connectivity index (χ4v) is 2.56. The van der Waals surface area contributed by atoms with Crippen molar-refractivity contribution < 1.29 is 30.0 Å². The van der Waals surface area contributed by atoms with Crippen LogP contribution in [0.15, 0.2) is 48.5 Å². The molecule has 0 aliphatic heterocycles. The molecule has 28 heavy (non-hydrogen) atoms. The molecule has 8 heteroatoms. The Balaban J connectivity index is 0.00000364. The van der Waals surface area contributed by atoms with Crippen LogP contribution < -0.4 is 10.6 Å². The third-order valence-corrected chi connectivity index (χ3v) is 3.81. The first-order valence-electron chi connectivity index (χ1n) is 7.90. The summed E-state index contributed by atoms with van der Waals surface area (Å²) in [6.07, 6.45) is 0. The number of hydrogen-bond donors (Lipinski definition) is 6. The average molecular weight is 392 g/mol. The lowest BCUT2D eigenvalue weighted by atomic mass is 10.1. The third kappa shape index (κ3) is 6.26. The molecule has 154 valence electrons. The van der Waals surface area contributed by atoms with Gasteiger partial charge in [-0.3, -0.25) is 20.2 Å². The van der Waals surface area contributed by atoms with Gasteiger partial charge in [-0.05, 0) is 12.1 Å². The summed E-state index contributed by atoms with van der Waals surface area (Å²) in [5, 5.41) is 43.8. The summed E-state index contributed by atoms with van der Waals surface area (Å²) in [7, 11) is 0. The quantitative estimate of drug-likeness (QED) is 0.358. The molecule has 0 bridgehead atoms. The number of hydrogen-bond acceptors (Lipinski definition) is 6. The second-order valence-corrected chi connectivity index (χ2v) is 5.57. The SMILES string of the molecule is C.C.O=C(O)C(NCCNC(C(=O)O)c1ccccc1O)c1ccccc1O. The minimum absolute atomic E-state index is 0. The van der Waals surface area contributed by atoms with Crippen LogP contribution in [0.2, 0.25) is 0 Å². The molecule has 2 aromatic carbocycles. The molecular weight excluding hydrogens is 364 g/mol. The Morgan fingerprint density at radius 3 is 1.32 bits per heavy atom. The zero-order valence-electron chi connectivity index (χ0n) is 13.8. The first-order chi connectivity index (χ1) is 12.4. The maximum atomic E-state index is 11.4. The molecule has 0 spiro atoms. The normalized spacial score (nSPS) is 12.1. The molecule has 2 unspecified atom stereocenters. The van der Waals surface area contributed by atoms with Crippen molar-refractivity contribution in [2.24, 2.45) is 0 Å². The summed E-state index contributed by atoms with van der Waals surface area (Å²) in [6.45, 7) is 0.255. The molecule has 0 fully saturated rings. The van der Waals surface area contributed by atoms with E-state index in [2.05, 4.69) is 10.6 Å². The fourth-order valence-electron chi connectivity index (χ4n) is 2.56. The van der Waals surface area contributed by atoms with E-state index in [-0.39, 0.29) is 50.6 Å². The molecule has 0 aliphatic carbocycles. The molecule has 0 amide bonds. The van der Waals surface area contributed by atoms with Crippen LogP contribution >= 0.6 is 0 Å². The van der Waals surface area contributed by atoms with Crippen molar-refractivity contribution >= 4 is 11.9 Å². The summed E-state index contributed by atoms with van der Waals surface area (Å²) in [4.78, 5) is 22.9. The summed E-state index contributed by atoms with van der Waals surface area (Å²) in [5.74, 6) is -2.61. The van der Waals surface area contributed by atoms with Crippen molar-refractivity contribution in [3.63, 3.8) is 0 Å². The van der Waals surface area contributed by atoms with E-state index in [1.165, 1.54) is 24.3 Å². The second kappa shape index (κ2) is 11.6. The number of benzene rings is 2. The average Bonchev–Trinajstić information content (AvgIpc) is 2.59. The monoisotopic (exact) mass is 392 g/mol. The predicted molar refractivity (Wildman–Crippen MR) is 106 cm³/mol. The van der Waals surface area contributed by atoms with E-state index < -0.39 is 24.0 Å². The van der Waals surface area contributed by atoms with E-state index in [0.29, 0.717) is 0 Å². The summed E-state index contributed by atoms with van der Waals surface area (Å²) >= 11 is 0. The molecule has 0 saturated carbocycles. The number of carboxylic acid groups (broad SMARTS) is 2. The minimum atomic E-state index is -1.16. The van der Waals surface area contributed by atoms with Crippen LogP contribution in [0, 0.1) is 0 Å². The largest absolute Gasteiger partial charge is 0.508 e. The number of para-hydroxylation sites is 2. The summed E-state index contributed by atoms with van der Waals surface area (Å²) in [5.41, 5.74) is 0.436. The van der Waals surface area contributed by atoms with Crippen LogP contribution in [-0.4, -0.2) is 45.5 Å². The molecule has 0 aromatic heterocycles. The van der Waals surface area contributed by atoms with Gasteiger partial charge >= 0.3 is 11.9 Å². The van der Waals surface area contributed by atoms with Crippen molar-refractivity contribution in [1.29, 1.82) is 0 Å². The van der Waals surface area contributed by atoms with E-state index in [1.54, 1.807) is 24.3 Å². The molecule has 2 rings (SSSR count). The third-order valence-electron chi connectivity index (χ3n) is 3.81. The number of aromatic hydroxyl groups is 2. The number of phenolic OH excluding ortho intramolecular Hbond substituents is 2. The Morgan fingerprint density at radius 2 is 1.04 bits per heavy atom. The van der Waals surface area contributed by atoms with Crippen LogP contribution in [0.3, 0.4) is 0 Å². The minimum Gasteiger partial charge on any atom is -0.508 e. The highest BCUT2D eigenvalue weighted by Crippen LogP contribution is 2.25. The van der Waals surface area contributed by atoms with Gasteiger partial charge in [0.2, 0.25) is 0 Å². The number of carboxylic acids is 2. The Labute approximate surface area is 164 Å². The van der Waals surface area contributed by atoms with Gasteiger partial charge in [-0.2, -0.15) is 0 Å². The van der Waals surface area contributed by atoms with E-state index in [9.17, 15) is 30.0 Å². The van der Waals surface area contributed by atoms with Gasteiger partial charge in [-0.1, -0.05) is 51.3 Å². The van der Waals surface area contributed by atoms with Crippen LogP contribution in [0.4, 0.5) is 0 Å². The fraction of sp³-hybridized carbons (Fsp3) is 0.300. The molecule has 2 atom stereocenters. The molecule has 0 saturated heterocycles. The number of aliphatic carboxylic acids is 2. The number of rotatable bonds is 9. The topological polar surface area (TPSA) is 139 Å². The highest BCUT2D eigenvalue weighted by molar-refractivity contribution is 5.77.